The normalized spacial score (nSPS) is 22.9. The van der Waals surface area contributed by atoms with Gasteiger partial charge in [-0.15, -0.1) is 0 Å². The number of amides is 1. The number of nitrogens with zero attached hydrogens (tertiary/aromatic N) is 1. The van der Waals surface area contributed by atoms with Crippen molar-refractivity contribution in [2.75, 3.05) is 19.6 Å². The number of carbonyl (C=O) groups is 1. The topological polar surface area (TPSA) is 52.6 Å². The number of phenolic OH excluding ortho intramolecular Hbond substituents is 1. The van der Waals surface area contributed by atoms with Gasteiger partial charge in [-0.05, 0) is 31.0 Å². The number of benzene rings is 1. The maximum Gasteiger partial charge on any atom is 0.260 e. The van der Waals surface area contributed by atoms with Crippen molar-refractivity contribution in [3.63, 3.8) is 0 Å². The summed E-state index contributed by atoms with van der Waals surface area (Å²) in [6.45, 7) is 6.19. The molecule has 20 heavy (non-hydrogen) atoms. The van der Waals surface area contributed by atoms with Crippen LogP contribution in [0.15, 0.2) is 18.2 Å². The van der Waals surface area contributed by atoms with Crippen LogP contribution in [0.1, 0.15) is 30.6 Å². The first-order valence-electron chi connectivity index (χ1n) is 7.04. The number of phenols is 1. The number of hydrogen-bond acceptors (Lipinski definition) is 3. The molecule has 1 fully saturated rings. The van der Waals surface area contributed by atoms with Crippen molar-refractivity contribution >= 4 is 5.91 Å². The van der Waals surface area contributed by atoms with Crippen LogP contribution in [0, 0.1) is 11.7 Å². The van der Waals surface area contributed by atoms with Crippen LogP contribution in [-0.2, 0) is 0 Å². The summed E-state index contributed by atoms with van der Waals surface area (Å²) in [7, 11) is 0. The molecule has 1 aromatic carbocycles. The van der Waals surface area contributed by atoms with Gasteiger partial charge in [0, 0.05) is 19.1 Å². The average Bonchev–Trinajstić information content (AvgIpc) is 2.41. The summed E-state index contributed by atoms with van der Waals surface area (Å²) in [6, 6.07) is 4.31. The highest BCUT2D eigenvalue weighted by atomic mass is 19.1. The van der Waals surface area contributed by atoms with Gasteiger partial charge in [0.2, 0.25) is 0 Å². The van der Waals surface area contributed by atoms with Crippen LogP contribution in [-0.4, -0.2) is 41.6 Å². The monoisotopic (exact) mass is 280 g/mol. The van der Waals surface area contributed by atoms with E-state index in [1.54, 1.807) is 4.90 Å². The highest BCUT2D eigenvalue weighted by Crippen LogP contribution is 2.25. The van der Waals surface area contributed by atoms with E-state index in [0.717, 1.165) is 13.0 Å². The van der Waals surface area contributed by atoms with Crippen LogP contribution in [0.25, 0.3) is 0 Å². The number of rotatable bonds is 3. The molecule has 110 valence electrons. The molecule has 1 aliphatic heterocycles. The van der Waals surface area contributed by atoms with Gasteiger partial charge in [0.25, 0.3) is 5.91 Å². The number of hydrogen-bond donors (Lipinski definition) is 2. The third kappa shape index (κ3) is 2.93. The van der Waals surface area contributed by atoms with Crippen molar-refractivity contribution in [1.29, 1.82) is 0 Å². The molecule has 0 aliphatic carbocycles. The van der Waals surface area contributed by atoms with Crippen molar-refractivity contribution < 1.29 is 14.3 Å². The third-order valence-electron chi connectivity index (χ3n) is 3.86. The van der Waals surface area contributed by atoms with Crippen LogP contribution in [0.3, 0.4) is 0 Å². The van der Waals surface area contributed by atoms with Gasteiger partial charge >= 0.3 is 0 Å². The fourth-order valence-electron chi connectivity index (χ4n) is 2.78. The second-order valence-electron chi connectivity index (χ2n) is 5.32. The van der Waals surface area contributed by atoms with E-state index >= 15 is 0 Å². The second-order valence-corrected chi connectivity index (χ2v) is 5.32. The van der Waals surface area contributed by atoms with Gasteiger partial charge in [-0.2, -0.15) is 0 Å². The largest absolute Gasteiger partial charge is 0.507 e. The molecule has 2 rings (SSSR count). The van der Waals surface area contributed by atoms with Crippen molar-refractivity contribution in [2.45, 2.75) is 26.3 Å². The maximum atomic E-state index is 13.7. The highest BCUT2D eigenvalue weighted by Gasteiger charge is 2.30. The van der Waals surface area contributed by atoms with Crippen LogP contribution in [0.4, 0.5) is 4.39 Å². The average molecular weight is 280 g/mol. The molecule has 2 unspecified atom stereocenters. The zero-order valence-electron chi connectivity index (χ0n) is 11.9. The van der Waals surface area contributed by atoms with Crippen LogP contribution < -0.4 is 5.32 Å². The standard InChI is InChI=1S/C15H21FN2O2/c1-3-17-12-7-8-18(9-10(12)2)15(20)14-11(16)5-4-6-13(14)19/h4-6,10,12,17,19H,3,7-9H2,1-2H3. The Morgan fingerprint density at radius 3 is 2.90 bits per heavy atom. The van der Waals surface area contributed by atoms with E-state index in [1.165, 1.54) is 18.2 Å². The van der Waals surface area contributed by atoms with Crippen molar-refractivity contribution in [1.82, 2.24) is 10.2 Å². The van der Waals surface area contributed by atoms with Gasteiger partial charge in [0.05, 0.1) is 0 Å². The van der Waals surface area contributed by atoms with E-state index in [4.69, 9.17) is 0 Å². The molecule has 1 saturated heterocycles. The lowest BCUT2D eigenvalue weighted by molar-refractivity contribution is 0.0638. The summed E-state index contributed by atoms with van der Waals surface area (Å²) in [5.41, 5.74) is -0.221. The molecule has 0 bridgehead atoms. The van der Waals surface area contributed by atoms with Crippen LogP contribution in [0.2, 0.25) is 0 Å². The fourth-order valence-corrected chi connectivity index (χ4v) is 2.78. The molecule has 1 amide bonds. The van der Waals surface area contributed by atoms with E-state index in [-0.39, 0.29) is 11.3 Å². The second kappa shape index (κ2) is 6.22. The molecule has 2 atom stereocenters. The van der Waals surface area contributed by atoms with E-state index < -0.39 is 11.7 Å². The minimum Gasteiger partial charge on any atom is -0.507 e. The molecular weight excluding hydrogens is 259 g/mol. The van der Waals surface area contributed by atoms with Gasteiger partial charge < -0.3 is 15.3 Å². The van der Waals surface area contributed by atoms with Gasteiger partial charge in [0.1, 0.15) is 17.1 Å². The third-order valence-corrected chi connectivity index (χ3v) is 3.86. The molecule has 1 heterocycles. The molecular formula is C15H21FN2O2. The minimum absolute atomic E-state index is 0.221. The Hall–Kier alpha value is -1.62. The first-order chi connectivity index (χ1) is 9.54. The number of likely N-dealkylation sites (tertiary alicyclic amines) is 1. The lowest BCUT2D eigenvalue weighted by Crippen LogP contribution is -2.50. The molecule has 5 heteroatoms. The molecule has 0 radical (unpaired) electrons. The molecule has 1 aliphatic rings. The molecule has 0 saturated carbocycles. The summed E-state index contributed by atoms with van der Waals surface area (Å²) in [6.07, 6.45) is 0.843. The van der Waals surface area contributed by atoms with E-state index in [0.29, 0.717) is 25.0 Å². The van der Waals surface area contributed by atoms with Crippen molar-refractivity contribution in [3.05, 3.63) is 29.6 Å². The molecule has 4 nitrogen and oxygen atoms in total. The Morgan fingerprint density at radius 1 is 1.55 bits per heavy atom. The predicted octanol–water partition coefficient (Wildman–Crippen LogP) is 1.99. The Morgan fingerprint density at radius 2 is 2.30 bits per heavy atom. The summed E-state index contributed by atoms with van der Waals surface area (Å²) in [5.74, 6) is -1.09. The summed E-state index contributed by atoms with van der Waals surface area (Å²) in [4.78, 5) is 14.0. The maximum absolute atomic E-state index is 13.7. The summed E-state index contributed by atoms with van der Waals surface area (Å²) in [5, 5.41) is 13.1. The fraction of sp³-hybridized carbons (Fsp3) is 0.533. The van der Waals surface area contributed by atoms with Gasteiger partial charge in [0.15, 0.2) is 0 Å². The zero-order valence-corrected chi connectivity index (χ0v) is 11.9. The lowest BCUT2D eigenvalue weighted by Gasteiger charge is -2.37. The Labute approximate surface area is 118 Å². The van der Waals surface area contributed by atoms with Gasteiger partial charge in [-0.25, -0.2) is 4.39 Å². The molecule has 1 aromatic rings. The minimum atomic E-state index is -0.670. The number of nitrogens with one attached hydrogen (secondary N) is 1. The number of halogens is 1. The van der Waals surface area contributed by atoms with Crippen molar-refractivity contribution in [3.8, 4) is 5.75 Å². The first-order valence-corrected chi connectivity index (χ1v) is 7.04. The first kappa shape index (κ1) is 14.8. The number of piperidine rings is 1. The summed E-state index contributed by atoms with van der Waals surface area (Å²) >= 11 is 0. The van der Waals surface area contributed by atoms with Crippen molar-refractivity contribution in [2.24, 2.45) is 5.92 Å². The Balaban J connectivity index is 2.12. The number of carbonyl (C=O) groups excluding carboxylic acids is 1. The molecule has 0 aromatic heterocycles. The highest BCUT2D eigenvalue weighted by molar-refractivity contribution is 5.97. The molecule has 0 spiro atoms. The van der Waals surface area contributed by atoms with E-state index in [2.05, 4.69) is 19.2 Å². The van der Waals surface area contributed by atoms with Crippen LogP contribution in [0.5, 0.6) is 5.75 Å². The van der Waals surface area contributed by atoms with E-state index in [1.807, 2.05) is 0 Å². The molecule has 2 N–H and O–H groups in total. The van der Waals surface area contributed by atoms with Gasteiger partial charge in [-0.1, -0.05) is 19.9 Å². The Bertz CT molecular complexity index is 473. The zero-order chi connectivity index (χ0) is 14.7. The quantitative estimate of drug-likeness (QED) is 0.890. The van der Waals surface area contributed by atoms with E-state index in [9.17, 15) is 14.3 Å². The lowest BCUT2D eigenvalue weighted by atomic mass is 9.93. The summed E-state index contributed by atoms with van der Waals surface area (Å²) < 4.78 is 13.7. The SMILES string of the molecule is CCNC1CCN(C(=O)c2c(O)cccc2F)CC1C. The number of aromatic hydroxyl groups is 1. The smallest absolute Gasteiger partial charge is 0.260 e. The van der Waals surface area contributed by atoms with Crippen LogP contribution >= 0.6 is 0 Å². The van der Waals surface area contributed by atoms with Gasteiger partial charge in [-0.3, -0.25) is 4.79 Å². The Kier molecular flexibility index (Phi) is 4.60. The predicted molar refractivity (Wildman–Crippen MR) is 75.2 cm³/mol.